The monoisotopic (exact) mass is 498 g/mol. The van der Waals surface area contributed by atoms with Gasteiger partial charge in [-0.05, 0) is 41.1 Å². The summed E-state index contributed by atoms with van der Waals surface area (Å²) in [4.78, 5) is 12.2. The lowest BCUT2D eigenvalue weighted by atomic mass is 10.0. The third kappa shape index (κ3) is 5.97. The summed E-state index contributed by atoms with van der Waals surface area (Å²) < 4.78 is 69.9. The molecule has 0 N–H and O–H groups in total. The van der Waals surface area contributed by atoms with Crippen molar-refractivity contribution < 1.29 is 31.1 Å². The molecule has 0 radical (unpaired) electrons. The Bertz CT molecular complexity index is 1240. The molecule has 1 heterocycles. The summed E-state index contributed by atoms with van der Waals surface area (Å²) in [6.45, 7) is 1.09. The van der Waals surface area contributed by atoms with Crippen molar-refractivity contribution in [2.24, 2.45) is 0 Å². The molecule has 0 amide bonds. The van der Waals surface area contributed by atoms with Gasteiger partial charge in [0.2, 0.25) is 0 Å². The number of rotatable bonds is 8. The quantitative estimate of drug-likeness (QED) is 0.325. The van der Waals surface area contributed by atoms with E-state index in [2.05, 4.69) is 5.10 Å². The highest BCUT2D eigenvalue weighted by atomic mass is 32.2. The molecule has 0 spiro atoms. The van der Waals surface area contributed by atoms with E-state index in [1.807, 2.05) is 0 Å². The highest BCUT2D eigenvalue weighted by molar-refractivity contribution is 7.98. The highest BCUT2D eigenvalue weighted by Gasteiger charge is 2.35. The van der Waals surface area contributed by atoms with Gasteiger partial charge >= 0.3 is 12.1 Å². The summed E-state index contributed by atoms with van der Waals surface area (Å²) in [5.41, 5.74) is 0.750. The minimum absolute atomic E-state index is 0.0275. The highest BCUT2D eigenvalue weighted by Crippen LogP contribution is 2.33. The van der Waals surface area contributed by atoms with Gasteiger partial charge in [0.15, 0.2) is 15.5 Å². The average Bonchev–Trinajstić information content (AvgIpc) is 3.22. The second-order valence-corrected chi connectivity index (χ2v) is 10.1. The van der Waals surface area contributed by atoms with Gasteiger partial charge in [0, 0.05) is 0 Å². The lowest BCUT2D eigenvalue weighted by molar-refractivity contribution is -0.144. The molecule has 2 aromatic carbocycles. The maximum atomic E-state index is 13.2. The van der Waals surface area contributed by atoms with Crippen LogP contribution in [0.1, 0.15) is 12.6 Å². The van der Waals surface area contributed by atoms with Crippen molar-refractivity contribution in [2.75, 3.05) is 17.9 Å². The maximum absolute atomic E-state index is 13.2. The van der Waals surface area contributed by atoms with Crippen LogP contribution < -0.4 is 0 Å². The SMILES string of the molecule is CCS(=O)(=O)c1cccc(-c2ccc(-c3cc(C(F)(F)F)nn3CC(=O)OCSC)cc2)c1. The van der Waals surface area contributed by atoms with Gasteiger partial charge in [0.25, 0.3) is 0 Å². The van der Waals surface area contributed by atoms with E-state index in [1.165, 1.54) is 17.8 Å². The van der Waals surface area contributed by atoms with Crippen LogP contribution in [0.15, 0.2) is 59.5 Å². The average molecular weight is 499 g/mol. The van der Waals surface area contributed by atoms with Crippen molar-refractivity contribution in [3.05, 3.63) is 60.3 Å². The van der Waals surface area contributed by atoms with E-state index in [0.717, 1.165) is 10.7 Å². The fraction of sp³-hybridized carbons (Fsp3) is 0.273. The third-order valence-electron chi connectivity index (χ3n) is 4.77. The standard InChI is InChI=1S/C22H21F3N2O4S2/c1-3-33(29,30)18-6-4-5-17(11-18)15-7-9-16(10-8-15)19-12-20(22(23,24)25)26-27(19)13-21(28)31-14-32-2/h4-12H,3,13-14H2,1-2H3. The van der Waals surface area contributed by atoms with Crippen LogP contribution in [-0.2, 0) is 32.1 Å². The zero-order chi connectivity index (χ0) is 24.2. The smallest absolute Gasteiger partial charge is 0.435 e. The Labute approximate surface area is 193 Å². The fourth-order valence-electron chi connectivity index (χ4n) is 3.07. The number of nitrogens with zero attached hydrogens (tertiary/aromatic N) is 2. The molecular weight excluding hydrogens is 477 g/mol. The van der Waals surface area contributed by atoms with Gasteiger partial charge < -0.3 is 4.74 Å². The van der Waals surface area contributed by atoms with Crippen LogP contribution >= 0.6 is 11.8 Å². The number of esters is 1. The number of ether oxygens (including phenoxy) is 1. The number of alkyl halides is 3. The van der Waals surface area contributed by atoms with Crippen molar-refractivity contribution >= 4 is 27.6 Å². The minimum atomic E-state index is -4.67. The summed E-state index contributed by atoms with van der Waals surface area (Å²) in [7, 11) is -3.38. The van der Waals surface area contributed by atoms with Crippen molar-refractivity contribution in [3.63, 3.8) is 0 Å². The molecule has 0 bridgehead atoms. The molecule has 0 aliphatic carbocycles. The molecule has 176 valence electrons. The molecule has 0 aliphatic heterocycles. The Morgan fingerprint density at radius 3 is 2.33 bits per heavy atom. The molecular formula is C22H21F3N2O4S2. The second-order valence-electron chi connectivity index (χ2n) is 7.00. The molecule has 3 aromatic rings. The Hall–Kier alpha value is -2.79. The molecule has 33 heavy (non-hydrogen) atoms. The number of halogens is 3. The molecule has 11 heteroatoms. The number of thioether (sulfide) groups is 1. The maximum Gasteiger partial charge on any atom is 0.435 e. The normalized spacial score (nSPS) is 12.0. The van der Waals surface area contributed by atoms with Gasteiger partial charge in [-0.25, -0.2) is 8.42 Å². The molecule has 0 saturated carbocycles. The first kappa shape index (κ1) is 24.8. The van der Waals surface area contributed by atoms with Crippen LogP contribution in [0.4, 0.5) is 13.2 Å². The van der Waals surface area contributed by atoms with Crippen molar-refractivity contribution in [2.45, 2.75) is 24.5 Å². The van der Waals surface area contributed by atoms with Gasteiger partial charge in [0.1, 0.15) is 12.5 Å². The largest absolute Gasteiger partial charge is 0.453 e. The van der Waals surface area contributed by atoms with Gasteiger partial charge in [0.05, 0.1) is 16.3 Å². The van der Waals surface area contributed by atoms with Gasteiger partial charge in [-0.2, -0.15) is 18.3 Å². The van der Waals surface area contributed by atoms with E-state index in [1.54, 1.807) is 55.6 Å². The first-order valence-electron chi connectivity index (χ1n) is 9.78. The van der Waals surface area contributed by atoms with Crippen molar-refractivity contribution in [3.8, 4) is 22.4 Å². The molecule has 6 nitrogen and oxygen atoms in total. The van der Waals surface area contributed by atoms with Crippen LogP contribution in [0.25, 0.3) is 22.4 Å². The van der Waals surface area contributed by atoms with Crippen LogP contribution in [0.2, 0.25) is 0 Å². The molecule has 3 rings (SSSR count). The number of hydrogen-bond donors (Lipinski definition) is 0. The first-order chi connectivity index (χ1) is 15.5. The lowest BCUT2D eigenvalue weighted by Crippen LogP contribution is -2.16. The third-order valence-corrected chi connectivity index (χ3v) is 6.86. The second kappa shape index (κ2) is 10.0. The Morgan fingerprint density at radius 2 is 1.73 bits per heavy atom. The molecule has 1 aromatic heterocycles. The van der Waals surface area contributed by atoms with Gasteiger partial charge in [-0.1, -0.05) is 43.3 Å². The summed E-state index contributed by atoms with van der Waals surface area (Å²) >= 11 is 1.26. The van der Waals surface area contributed by atoms with Crippen LogP contribution in [0, 0.1) is 0 Å². The van der Waals surface area contributed by atoms with Crippen molar-refractivity contribution in [1.29, 1.82) is 0 Å². The van der Waals surface area contributed by atoms with E-state index in [4.69, 9.17) is 4.74 Å². The summed E-state index contributed by atoms with van der Waals surface area (Å²) in [5.74, 6) is -0.642. The van der Waals surface area contributed by atoms with Crippen molar-refractivity contribution in [1.82, 2.24) is 9.78 Å². The number of hydrogen-bond acceptors (Lipinski definition) is 6. The topological polar surface area (TPSA) is 78.3 Å². The predicted molar refractivity (Wildman–Crippen MR) is 120 cm³/mol. The molecule has 0 saturated heterocycles. The number of sulfone groups is 1. The number of carbonyl (C=O) groups is 1. The lowest BCUT2D eigenvalue weighted by Gasteiger charge is -2.09. The fourth-order valence-corrected chi connectivity index (χ4v) is 4.25. The van der Waals surface area contributed by atoms with Gasteiger partial charge in [-0.3, -0.25) is 9.48 Å². The molecule has 0 atom stereocenters. The number of carbonyl (C=O) groups excluding carboxylic acids is 1. The number of aromatic nitrogens is 2. The van der Waals surface area contributed by atoms with Crippen LogP contribution in [0.3, 0.4) is 0 Å². The Kier molecular flexibility index (Phi) is 7.53. The summed E-state index contributed by atoms with van der Waals surface area (Å²) in [6.07, 6.45) is -2.95. The zero-order valence-corrected chi connectivity index (χ0v) is 19.4. The zero-order valence-electron chi connectivity index (χ0n) is 17.8. The minimum Gasteiger partial charge on any atom is -0.453 e. The number of benzene rings is 2. The van der Waals surface area contributed by atoms with E-state index < -0.39 is 34.2 Å². The van der Waals surface area contributed by atoms with E-state index in [-0.39, 0.29) is 22.3 Å². The van der Waals surface area contributed by atoms with Gasteiger partial charge in [-0.15, -0.1) is 11.8 Å². The van der Waals surface area contributed by atoms with Crippen LogP contribution in [-0.4, -0.2) is 42.1 Å². The summed E-state index contributed by atoms with van der Waals surface area (Å²) in [6, 6.07) is 13.9. The molecule has 0 aliphatic rings. The predicted octanol–water partition coefficient (Wildman–Crippen LogP) is 4.89. The molecule has 0 unspecified atom stereocenters. The first-order valence-corrected chi connectivity index (χ1v) is 12.8. The van der Waals surface area contributed by atoms with E-state index in [0.29, 0.717) is 16.7 Å². The molecule has 0 fully saturated rings. The van der Waals surface area contributed by atoms with E-state index >= 15 is 0 Å². The summed E-state index contributed by atoms with van der Waals surface area (Å²) in [5, 5.41) is 3.55. The van der Waals surface area contributed by atoms with E-state index in [9.17, 15) is 26.4 Å². The van der Waals surface area contributed by atoms with Crippen LogP contribution in [0.5, 0.6) is 0 Å². The Balaban J connectivity index is 1.95. The Morgan fingerprint density at radius 1 is 1.06 bits per heavy atom.